The number of rotatable bonds is 6. The molecule has 0 fully saturated rings. The van der Waals surface area contributed by atoms with Gasteiger partial charge in [0.1, 0.15) is 11.5 Å². The molecule has 4 aromatic rings. The monoisotopic (exact) mass is 463 g/mol. The van der Waals surface area contributed by atoms with Gasteiger partial charge in [0.2, 0.25) is 0 Å². The molecule has 1 N–H and O–H groups in total. The van der Waals surface area contributed by atoms with Crippen molar-refractivity contribution in [2.75, 3.05) is 19.0 Å². The van der Waals surface area contributed by atoms with Gasteiger partial charge in [-0.1, -0.05) is 29.8 Å². The SMILES string of the molecule is CCOc1ccc(-n2nc(C(=O)Nc3cc(C)c(Cl)cc3OC)c3ccccc3c2=O)cc1. The average molecular weight is 464 g/mol. The van der Waals surface area contributed by atoms with Crippen LogP contribution in [0.4, 0.5) is 5.69 Å². The standard InChI is InChI=1S/C25H22ClN3O4/c1-4-33-17-11-9-16(10-12-17)29-25(31)19-8-6-5-7-18(19)23(28-29)24(30)27-21-13-15(2)20(26)14-22(21)32-3/h5-14H,4H2,1-3H3,(H,27,30). The molecule has 0 bridgehead atoms. The highest BCUT2D eigenvalue weighted by Gasteiger charge is 2.19. The van der Waals surface area contributed by atoms with E-state index in [0.29, 0.717) is 45.3 Å². The van der Waals surface area contributed by atoms with E-state index >= 15 is 0 Å². The number of methoxy groups -OCH3 is 1. The van der Waals surface area contributed by atoms with Crippen LogP contribution in [-0.4, -0.2) is 29.4 Å². The number of nitrogens with zero attached hydrogens (tertiary/aromatic N) is 2. The Labute approximate surface area is 195 Å². The van der Waals surface area contributed by atoms with Crippen molar-refractivity contribution in [3.05, 3.63) is 87.3 Å². The molecule has 0 aliphatic heterocycles. The van der Waals surface area contributed by atoms with E-state index in [1.165, 1.54) is 11.8 Å². The van der Waals surface area contributed by atoms with E-state index in [4.69, 9.17) is 21.1 Å². The Morgan fingerprint density at radius 2 is 1.79 bits per heavy atom. The zero-order valence-corrected chi connectivity index (χ0v) is 19.1. The highest BCUT2D eigenvalue weighted by molar-refractivity contribution is 6.31. The lowest BCUT2D eigenvalue weighted by molar-refractivity contribution is 0.102. The Hall–Kier alpha value is -3.84. The van der Waals surface area contributed by atoms with Gasteiger partial charge in [0, 0.05) is 16.5 Å². The molecule has 0 aliphatic carbocycles. The van der Waals surface area contributed by atoms with E-state index in [9.17, 15) is 9.59 Å². The van der Waals surface area contributed by atoms with Gasteiger partial charge in [-0.3, -0.25) is 9.59 Å². The van der Waals surface area contributed by atoms with Gasteiger partial charge in [-0.05, 0) is 55.8 Å². The second kappa shape index (κ2) is 9.34. The first kappa shape index (κ1) is 22.4. The summed E-state index contributed by atoms with van der Waals surface area (Å²) in [4.78, 5) is 26.5. The molecular formula is C25H22ClN3O4. The maximum Gasteiger partial charge on any atom is 0.279 e. The number of fused-ring (bicyclic) bond motifs is 1. The molecule has 7 nitrogen and oxygen atoms in total. The first-order chi connectivity index (χ1) is 15.9. The fourth-order valence-corrected chi connectivity index (χ4v) is 3.65. The number of benzene rings is 3. The summed E-state index contributed by atoms with van der Waals surface area (Å²) in [7, 11) is 1.50. The number of amides is 1. The molecule has 1 aromatic heterocycles. The van der Waals surface area contributed by atoms with E-state index in [2.05, 4.69) is 10.4 Å². The van der Waals surface area contributed by atoms with E-state index in [0.717, 1.165) is 5.56 Å². The van der Waals surface area contributed by atoms with Gasteiger partial charge in [-0.25, -0.2) is 0 Å². The molecule has 0 spiro atoms. The highest BCUT2D eigenvalue weighted by Crippen LogP contribution is 2.31. The maximum atomic E-state index is 13.3. The Morgan fingerprint density at radius 3 is 2.45 bits per heavy atom. The molecule has 0 radical (unpaired) electrons. The van der Waals surface area contributed by atoms with Crippen LogP contribution in [-0.2, 0) is 0 Å². The summed E-state index contributed by atoms with van der Waals surface area (Å²) in [6.07, 6.45) is 0. The quantitative estimate of drug-likeness (QED) is 0.434. The van der Waals surface area contributed by atoms with E-state index in [1.807, 2.05) is 13.8 Å². The van der Waals surface area contributed by atoms with Crippen LogP contribution >= 0.6 is 11.6 Å². The molecule has 0 saturated heterocycles. The molecule has 0 atom stereocenters. The molecule has 0 aliphatic rings. The van der Waals surface area contributed by atoms with Crippen molar-refractivity contribution in [3.63, 3.8) is 0 Å². The molecule has 3 aromatic carbocycles. The van der Waals surface area contributed by atoms with Gasteiger partial charge in [0.15, 0.2) is 5.69 Å². The largest absolute Gasteiger partial charge is 0.495 e. The van der Waals surface area contributed by atoms with Gasteiger partial charge < -0.3 is 14.8 Å². The number of hydrogen-bond acceptors (Lipinski definition) is 5. The van der Waals surface area contributed by atoms with Gasteiger partial charge in [0.05, 0.1) is 30.5 Å². The van der Waals surface area contributed by atoms with Crippen LogP contribution in [0.5, 0.6) is 11.5 Å². The molecule has 0 unspecified atom stereocenters. The number of aryl methyl sites for hydroxylation is 1. The van der Waals surface area contributed by atoms with Crippen LogP contribution in [0.2, 0.25) is 5.02 Å². The Morgan fingerprint density at radius 1 is 1.09 bits per heavy atom. The van der Waals surface area contributed by atoms with Crippen molar-refractivity contribution < 1.29 is 14.3 Å². The number of halogens is 1. The van der Waals surface area contributed by atoms with Gasteiger partial charge in [-0.2, -0.15) is 9.78 Å². The first-order valence-corrected chi connectivity index (χ1v) is 10.7. The molecule has 0 saturated carbocycles. The van der Waals surface area contributed by atoms with Crippen LogP contribution in [0.1, 0.15) is 23.0 Å². The zero-order chi connectivity index (χ0) is 23.5. The third-order valence-corrected chi connectivity index (χ3v) is 5.55. The number of nitrogens with one attached hydrogen (secondary N) is 1. The van der Waals surface area contributed by atoms with Crippen LogP contribution in [0.15, 0.2) is 65.5 Å². The number of carbonyl (C=O) groups excluding carboxylic acids is 1. The van der Waals surface area contributed by atoms with Crippen molar-refractivity contribution in [1.82, 2.24) is 9.78 Å². The molecule has 8 heteroatoms. The van der Waals surface area contributed by atoms with Crippen LogP contribution < -0.4 is 20.3 Å². The van der Waals surface area contributed by atoms with E-state index in [1.54, 1.807) is 60.7 Å². The predicted octanol–water partition coefficient (Wildman–Crippen LogP) is 5.01. The summed E-state index contributed by atoms with van der Waals surface area (Å²) in [6, 6.07) is 17.2. The second-order valence-corrected chi connectivity index (χ2v) is 7.70. The summed E-state index contributed by atoms with van der Waals surface area (Å²) in [5.74, 6) is 0.618. The maximum absolute atomic E-state index is 13.3. The Kier molecular flexibility index (Phi) is 6.33. The van der Waals surface area contributed by atoms with Crippen molar-refractivity contribution >= 4 is 34.0 Å². The lowest BCUT2D eigenvalue weighted by Gasteiger charge is -2.14. The minimum atomic E-state index is -0.481. The minimum Gasteiger partial charge on any atom is -0.495 e. The van der Waals surface area contributed by atoms with Crippen LogP contribution in [0.25, 0.3) is 16.5 Å². The topological polar surface area (TPSA) is 82.5 Å². The molecular weight excluding hydrogens is 442 g/mol. The molecule has 168 valence electrons. The summed E-state index contributed by atoms with van der Waals surface area (Å²) in [6.45, 7) is 4.26. The summed E-state index contributed by atoms with van der Waals surface area (Å²) >= 11 is 6.18. The van der Waals surface area contributed by atoms with Crippen molar-refractivity contribution in [3.8, 4) is 17.2 Å². The number of ether oxygens (including phenoxy) is 2. The zero-order valence-electron chi connectivity index (χ0n) is 18.4. The Bertz CT molecular complexity index is 1400. The summed E-state index contributed by atoms with van der Waals surface area (Å²) in [5.41, 5.74) is 1.53. The van der Waals surface area contributed by atoms with Gasteiger partial charge in [-0.15, -0.1) is 0 Å². The number of hydrogen-bond donors (Lipinski definition) is 1. The molecule has 1 heterocycles. The lowest BCUT2D eigenvalue weighted by Crippen LogP contribution is -2.26. The fraction of sp³-hybridized carbons (Fsp3) is 0.160. The molecule has 33 heavy (non-hydrogen) atoms. The summed E-state index contributed by atoms with van der Waals surface area (Å²) < 4.78 is 12.1. The van der Waals surface area contributed by atoms with Crippen molar-refractivity contribution in [1.29, 1.82) is 0 Å². The third kappa shape index (κ3) is 4.40. The average Bonchev–Trinajstić information content (AvgIpc) is 2.82. The van der Waals surface area contributed by atoms with Crippen LogP contribution in [0, 0.1) is 6.92 Å². The molecule has 4 rings (SSSR count). The minimum absolute atomic E-state index is 0.105. The highest BCUT2D eigenvalue weighted by atomic mass is 35.5. The Balaban J connectivity index is 1.82. The van der Waals surface area contributed by atoms with E-state index < -0.39 is 5.91 Å². The lowest BCUT2D eigenvalue weighted by atomic mass is 10.1. The predicted molar refractivity (Wildman–Crippen MR) is 129 cm³/mol. The first-order valence-electron chi connectivity index (χ1n) is 10.3. The number of aromatic nitrogens is 2. The molecule has 1 amide bonds. The summed E-state index contributed by atoms with van der Waals surface area (Å²) in [5, 5.41) is 8.62. The normalized spacial score (nSPS) is 10.8. The smallest absolute Gasteiger partial charge is 0.279 e. The number of anilines is 1. The fourth-order valence-electron chi connectivity index (χ4n) is 3.49. The third-order valence-electron chi connectivity index (χ3n) is 5.14. The van der Waals surface area contributed by atoms with Crippen molar-refractivity contribution in [2.45, 2.75) is 13.8 Å². The van der Waals surface area contributed by atoms with Crippen LogP contribution in [0.3, 0.4) is 0 Å². The van der Waals surface area contributed by atoms with Gasteiger partial charge >= 0.3 is 0 Å². The number of carbonyl (C=O) groups is 1. The second-order valence-electron chi connectivity index (χ2n) is 7.29. The van der Waals surface area contributed by atoms with E-state index in [-0.39, 0.29) is 11.3 Å². The van der Waals surface area contributed by atoms with Crippen molar-refractivity contribution in [2.24, 2.45) is 0 Å². The van der Waals surface area contributed by atoms with Gasteiger partial charge in [0.25, 0.3) is 11.5 Å².